The molecule has 45 heavy (non-hydrogen) atoms. The molecular weight excluding hydrogens is 567 g/mol. The second-order valence-electron chi connectivity index (χ2n) is 12.2. The molecule has 0 heterocycles. The highest BCUT2D eigenvalue weighted by molar-refractivity contribution is 5.75. The number of carboxylic acid groups (broad SMARTS) is 1. The molecule has 0 radical (unpaired) electrons. The van der Waals surface area contributed by atoms with Crippen molar-refractivity contribution < 1.29 is 23.8 Å². The molecule has 1 aliphatic rings. The Morgan fingerprint density at radius 3 is 1.42 bits per heavy atom. The van der Waals surface area contributed by atoms with Crippen LogP contribution < -0.4 is 15.2 Å². The number of alkyl halides is 1. The van der Waals surface area contributed by atoms with E-state index in [9.17, 15) is 9.18 Å². The van der Waals surface area contributed by atoms with E-state index >= 15 is 0 Å². The zero-order valence-electron chi connectivity index (χ0n) is 26.3. The van der Waals surface area contributed by atoms with Crippen LogP contribution in [0.3, 0.4) is 0 Å². The molecule has 0 amide bonds. The van der Waals surface area contributed by atoms with E-state index in [4.69, 9.17) is 20.3 Å². The fraction of sp³-hybridized carbons (Fsp3) is 0.342. The first-order valence-corrected chi connectivity index (χ1v) is 15.7. The Bertz CT molecular complexity index is 1330. The summed E-state index contributed by atoms with van der Waals surface area (Å²) in [4.78, 5) is 12.2. The number of nitrogens with zero attached hydrogens (tertiary/aromatic N) is 1. The number of halogens is 1. The van der Waals surface area contributed by atoms with Crippen LogP contribution in [0, 0.1) is 11.8 Å². The predicted octanol–water partition coefficient (Wildman–Crippen LogP) is 8.86. The third-order valence-electron chi connectivity index (χ3n) is 7.94. The van der Waals surface area contributed by atoms with Gasteiger partial charge in [0.15, 0.2) is 0 Å². The SMILES string of the molecule is CC(C)(F)C(=O)O.NCC1CCC(CN(Cc2ccc(Oc3ccccc3)cc2)Cc2ccc(Oc3ccccc3)cc2)CC1. The lowest BCUT2D eigenvalue weighted by Gasteiger charge is -2.32. The van der Waals surface area contributed by atoms with Crippen molar-refractivity contribution in [2.75, 3.05) is 13.1 Å². The normalized spacial score (nSPS) is 16.4. The topological polar surface area (TPSA) is 85.0 Å². The van der Waals surface area contributed by atoms with E-state index in [1.807, 2.05) is 60.7 Å². The number of benzene rings is 4. The first-order chi connectivity index (χ1) is 21.7. The lowest BCUT2D eigenvalue weighted by atomic mass is 9.82. The van der Waals surface area contributed by atoms with Gasteiger partial charge in [0.2, 0.25) is 5.67 Å². The number of aliphatic carboxylic acids is 1. The van der Waals surface area contributed by atoms with E-state index < -0.39 is 11.6 Å². The van der Waals surface area contributed by atoms with Crippen LogP contribution in [0.5, 0.6) is 23.0 Å². The van der Waals surface area contributed by atoms with Gasteiger partial charge in [0.1, 0.15) is 23.0 Å². The Hall–Kier alpha value is -4.20. The lowest BCUT2D eigenvalue weighted by Crippen LogP contribution is -2.32. The Labute approximate surface area is 266 Å². The molecule has 0 atom stereocenters. The summed E-state index contributed by atoms with van der Waals surface area (Å²) in [5, 5.41) is 7.88. The van der Waals surface area contributed by atoms with Crippen LogP contribution in [0.25, 0.3) is 0 Å². The second-order valence-corrected chi connectivity index (χ2v) is 12.2. The Balaban J connectivity index is 0.000000591. The van der Waals surface area contributed by atoms with E-state index in [-0.39, 0.29) is 0 Å². The van der Waals surface area contributed by atoms with Crippen LogP contribution in [0.1, 0.15) is 50.7 Å². The van der Waals surface area contributed by atoms with Crippen molar-refractivity contribution in [3.63, 3.8) is 0 Å². The number of para-hydroxylation sites is 2. The highest BCUT2D eigenvalue weighted by Gasteiger charge is 2.25. The molecule has 0 aromatic heterocycles. The average molecular weight is 613 g/mol. The summed E-state index contributed by atoms with van der Waals surface area (Å²) in [6.07, 6.45) is 5.05. The van der Waals surface area contributed by atoms with Crippen LogP contribution in [0.4, 0.5) is 4.39 Å². The lowest BCUT2D eigenvalue weighted by molar-refractivity contribution is -0.148. The van der Waals surface area contributed by atoms with Gasteiger partial charge in [-0.1, -0.05) is 60.7 Å². The molecule has 4 aromatic rings. The maximum atomic E-state index is 11.9. The van der Waals surface area contributed by atoms with Gasteiger partial charge in [-0.3, -0.25) is 4.90 Å². The minimum Gasteiger partial charge on any atom is -0.479 e. The van der Waals surface area contributed by atoms with Gasteiger partial charge in [0, 0.05) is 19.6 Å². The second kappa shape index (κ2) is 16.8. The van der Waals surface area contributed by atoms with E-state index in [0.29, 0.717) is 5.92 Å². The highest BCUT2D eigenvalue weighted by atomic mass is 19.1. The van der Waals surface area contributed by atoms with Gasteiger partial charge in [-0.25, -0.2) is 9.18 Å². The van der Waals surface area contributed by atoms with E-state index in [2.05, 4.69) is 53.4 Å². The summed E-state index contributed by atoms with van der Waals surface area (Å²) in [6.45, 7) is 5.73. The first-order valence-electron chi connectivity index (χ1n) is 15.7. The molecule has 6 nitrogen and oxygen atoms in total. The summed E-state index contributed by atoms with van der Waals surface area (Å²) in [7, 11) is 0. The average Bonchev–Trinajstić information content (AvgIpc) is 3.04. The molecular formula is C38H45FN2O4. The zero-order valence-corrected chi connectivity index (χ0v) is 26.3. The van der Waals surface area contributed by atoms with Crippen molar-refractivity contribution in [1.29, 1.82) is 0 Å². The number of hydrogen-bond acceptors (Lipinski definition) is 5. The van der Waals surface area contributed by atoms with Gasteiger partial charge in [-0.2, -0.15) is 0 Å². The van der Waals surface area contributed by atoms with Crippen molar-refractivity contribution >= 4 is 5.97 Å². The van der Waals surface area contributed by atoms with Gasteiger partial charge in [0.05, 0.1) is 0 Å². The number of ether oxygens (including phenoxy) is 2. The molecule has 0 aliphatic heterocycles. The number of carbonyl (C=O) groups is 1. The molecule has 5 rings (SSSR count). The smallest absolute Gasteiger partial charge is 0.340 e. The fourth-order valence-corrected chi connectivity index (χ4v) is 5.29. The molecule has 4 aromatic carbocycles. The summed E-state index contributed by atoms with van der Waals surface area (Å²) < 4.78 is 23.9. The summed E-state index contributed by atoms with van der Waals surface area (Å²) in [5.41, 5.74) is 6.45. The molecule has 1 saturated carbocycles. The quantitative estimate of drug-likeness (QED) is 0.166. The summed E-state index contributed by atoms with van der Waals surface area (Å²) in [6, 6.07) is 36.9. The van der Waals surface area contributed by atoms with Crippen LogP contribution in [-0.4, -0.2) is 34.7 Å². The highest BCUT2D eigenvalue weighted by Crippen LogP contribution is 2.30. The molecule has 0 unspecified atom stereocenters. The monoisotopic (exact) mass is 612 g/mol. The Morgan fingerprint density at radius 2 is 1.07 bits per heavy atom. The summed E-state index contributed by atoms with van der Waals surface area (Å²) in [5.74, 6) is 3.44. The summed E-state index contributed by atoms with van der Waals surface area (Å²) >= 11 is 0. The van der Waals surface area contributed by atoms with E-state index in [1.165, 1.54) is 36.8 Å². The molecule has 1 aliphatic carbocycles. The maximum absolute atomic E-state index is 11.9. The van der Waals surface area contributed by atoms with Crippen LogP contribution in [0.2, 0.25) is 0 Å². The molecule has 0 bridgehead atoms. The van der Waals surface area contributed by atoms with Gasteiger partial charge < -0.3 is 20.3 Å². The Morgan fingerprint density at radius 1 is 0.711 bits per heavy atom. The molecule has 1 fully saturated rings. The molecule has 3 N–H and O–H groups in total. The van der Waals surface area contributed by atoms with Crippen molar-refractivity contribution in [3.05, 3.63) is 120 Å². The number of rotatable bonds is 12. The van der Waals surface area contributed by atoms with Crippen LogP contribution >= 0.6 is 0 Å². The third kappa shape index (κ3) is 11.7. The van der Waals surface area contributed by atoms with Gasteiger partial charge >= 0.3 is 5.97 Å². The van der Waals surface area contributed by atoms with Gasteiger partial charge in [-0.15, -0.1) is 0 Å². The van der Waals surface area contributed by atoms with Crippen molar-refractivity contribution in [1.82, 2.24) is 4.90 Å². The minimum absolute atomic E-state index is 0.703. The number of carboxylic acids is 1. The fourth-order valence-electron chi connectivity index (χ4n) is 5.29. The maximum Gasteiger partial charge on any atom is 0.340 e. The molecule has 7 heteroatoms. The Kier molecular flexibility index (Phi) is 12.5. The van der Waals surface area contributed by atoms with Crippen LogP contribution in [-0.2, 0) is 17.9 Å². The first kappa shape index (κ1) is 33.7. The molecule has 238 valence electrons. The zero-order chi connectivity index (χ0) is 32.1. The number of nitrogens with two attached hydrogens (primary N) is 1. The van der Waals surface area contributed by atoms with Gasteiger partial charge in [-0.05, 0) is 118 Å². The van der Waals surface area contributed by atoms with Crippen LogP contribution in [0.15, 0.2) is 109 Å². The van der Waals surface area contributed by atoms with Crippen molar-refractivity contribution in [2.45, 2.75) is 58.3 Å². The molecule has 0 saturated heterocycles. The van der Waals surface area contributed by atoms with Crippen molar-refractivity contribution in [2.24, 2.45) is 17.6 Å². The third-order valence-corrected chi connectivity index (χ3v) is 7.94. The predicted molar refractivity (Wildman–Crippen MR) is 177 cm³/mol. The van der Waals surface area contributed by atoms with E-state index in [0.717, 1.165) is 68.9 Å². The number of hydrogen-bond donors (Lipinski definition) is 2. The molecule has 0 spiro atoms. The van der Waals surface area contributed by atoms with Crippen molar-refractivity contribution in [3.8, 4) is 23.0 Å². The largest absolute Gasteiger partial charge is 0.479 e. The standard InChI is InChI=1S/C34H38N2O2.C4H7FO2/c35-23-27-11-13-28(14-12-27)24-36(25-29-15-19-33(20-16-29)37-31-7-3-1-4-8-31)26-30-17-21-34(22-18-30)38-32-9-5-2-6-10-32;1-4(2,5)3(6)7/h1-10,15-22,27-28H,11-14,23-26,35H2;1-2H3,(H,6,7). The van der Waals surface area contributed by atoms with Gasteiger partial charge in [0.25, 0.3) is 0 Å². The minimum atomic E-state index is -2.08. The van der Waals surface area contributed by atoms with E-state index in [1.54, 1.807) is 0 Å².